The van der Waals surface area contributed by atoms with Crippen molar-refractivity contribution in [2.24, 2.45) is 5.73 Å². The summed E-state index contributed by atoms with van der Waals surface area (Å²) in [6, 6.07) is 6.43. The van der Waals surface area contributed by atoms with E-state index in [1.807, 2.05) is 13.0 Å². The number of rotatable bonds is 0. The summed E-state index contributed by atoms with van der Waals surface area (Å²) in [6.45, 7) is 1.96. The highest BCUT2D eigenvalue weighted by atomic mass is 14.6. The van der Waals surface area contributed by atoms with Gasteiger partial charge in [0.25, 0.3) is 0 Å². The lowest BCUT2D eigenvalue weighted by Gasteiger charge is -2.06. The first-order valence-corrected chi connectivity index (χ1v) is 4.51. The summed E-state index contributed by atoms with van der Waals surface area (Å²) in [5, 5.41) is 8.83. The van der Waals surface area contributed by atoms with Crippen molar-refractivity contribution in [3.63, 3.8) is 0 Å². The second-order valence-electron chi connectivity index (χ2n) is 3.62. The lowest BCUT2D eigenvalue weighted by Crippen LogP contribution is -2.05. The molecule has 0 fully saturated rings. The molecule has 1 aromatic rings. The summed E-state index contributed by atoms with van der Waals surface area (Å²) < 4.78 is 0. The molecule has 2 rings (SSSR count). The van der Waals surface area contributed by atoms with Crippen LogP contribution in [0.3, 0.4) is 0 Å². The van der Waals surface area contributed by atoms with E-state index >= 15 is 0 Å². The van der Waals surface area contributed by atoms with Crippen LogP contribution in [-0.4, -0.2) is 0 Å². The highest BCUT2D eigenvalue weighted by Gasteiger charge is 2.19. The van der Waals surface area contributed by atoms with Crippen LogP contribution in [0.15, 0.2) is 12.1 Å². The average Bonchev–Trinajstić information content (AvgIpc) is 2.47. The van der Waals surface area contributed by atoms with Gasteiger partial charge in [-0.3, -0.25) is 0 Å². The zero-order chi connectivity index (χ0) is 9.42. The summed E-state index contributed by atoms with van der Waals surface area (Å²) in [5.74, 6) is 0. The highest BCUT2D eigenvalue weighted by molar-refractivity contribution is 5.47. The average molecular weight is 172 g/mol. The van der Waals surface area contributed by atoms with E-state index in [2.05, 4.69) is 12.1 Å². The fourth-order valence-electron chi connectivity index (χ4n) is 1.92. The number of hydrogen-bond donors (Lipinski definition) is 1. The van der Waals surface area contributed by atoms with Gasteiger partial charge in [-0.2, -0.15) is 5.26 Å². The van der Waals surface area contributed by atoms with Gasteiger partial charge in [-0.15, -0.1) is 0 Å². The van der Waals surface area contributed by atoms with Crippen LogP contribution in [0.4, 0.5) is 0 Å². The van der Waals surface area contributed by atoms with Crippen LogP contribution in [0.2, 0.25) is 0 Å². The number of fused-ring (bicyclic) bond motifs is 1. The first-order chi connectivity index (χ1) is 6.22. The molecule has 0 bridgehead atoms. The number of hydrogen-bond acceptors (Lipinski definition) is 2. The van der Waals surface area contributed by atoms with Crippen molar-refractivity contribution in [1.82, 2.24) is 0 Å². The van der Waals surface area contributed by atoms with Crippen LogP contribution >= 0.6 is 0 Å². The van der Waals surface area contributed by atoms with Crippen molar-refractivity contribution in [3.05, 3.63) is 34.4 Å². The standard InChI is InChI=1S/C11H12N2/c1-7-4-10-8(2-3-11(10)13)5-9(7)6-12/h4-5,11H,2-3,13H2,1H3. The number of nitrogens with zero attached hydrogens (tertiary/aromatic N) is 1. The van der Waals surface area contributed by atoms with Gasteiger partial charge in [-0.1, -0.05) is 6.07 Å². The lowest BCUT2D eigenvalue weighted by molar-refractivity contribution is 0.713. The zero-order valence-corrected chi connectivity index (χ0v) is 7.67. The molecule has 2 heteroatoms. The van der Waals surface area contributed by atoms with Gasteiger partial charge in [0.15, 0.2) is 0 Å². The Morgan fingerprint density at radius 2 is 2.31 bits per heavy atom. The van der Waals surface area contributed by atoms with Crippen LogP contribution in [0, 0.1) is 18.3 Å². The van der Waals surface area contributed by atoms with E-state index in [-0.39, 0.29) is 6.04 Å². The van der Waals surface area contributed by atoms with Crippen LogP contribution < -0.4 is 5.73 Å². The number of benzene rings is 1. The first kappa shape index (κ1) is 8.28. The topological polar surface area (TPSA) is 49.8 Å². The van der Waals surface area contributed by atoms with Crippen molar-refractivity contribution in [2.45, 2.75) is 25.8 Å². The van der Waals surface area contributed by atoms with Crippen molar-refractivity contribution in [2.75, 3.05) is 0 Å². The van der Waals surface area contributed by atoms with Crippen molar-refractivity contribution >= 4 is 0 Å². The summed E-state index contributed by atoms with van der Waals surface area (Å²) in [4.78, 5) is 0. The Kier molecular flexibility index (Phi) is 1.82. The van der Waals surface area contributed by atoms with E-state index in [0.29, 0.717) is 0 Å². The van der Waals surface area contributed by atoms with E-state index < -0.39 is 0 Å². The summed E-state index contributed by atoms with van der Waals surface area (Å²) in [5.41, 5.74) is 10.2. The molecule has 66 valence electrons. The second kappa shape index (κ2) is 2.86. The molecule has 0 spiro atoms. The smallest absolute Gasteiger partial charge is 0.0994 e. The summed E-state index contributed by atoms with van der Waals surface area (Å²) in [6.07, 6.45) is 2.04. The molecule has 1 aromatic carbocycles. The van der Waals surface area contributed by atoms with Crippen LogP contribution in [0.5, 0.6) is 0 Å². The Morgan fingerprint density at radius 3 is 3.00 bits per heavy atom. The minimum atomic E-state index is 0.182. The van der Waals surface area contributed by atoms with Gasteiger partial charge in [0, 0.05) is 6.04 Å². The molecule has 1 aliphatic carbocycles. The maximum atomic E-state index is 8.83. The van der Waals surface area contributed by atoms with Gasteiger partial charge in [0.1, 0.15) is 0 Å². The van der Waals surface area contributed by atoms with Gasteiger partial charge in [0.05, 0.1) is 11.6 Å². The summed E-state index contributed by atoms with van der Waals surface area (Å²) in [7, 11) is 0. The van der Waals surface area contributed by atoms with Crippen LogP contribution in [0.25, 0.3) is 0 Å². The highest BCUT2D eigenvalue weighted by Crippen LogP contribution is 2.31. The van der Waals surface area contributed by atoms with Crippen molar-refractivity contribution in [1.29, 1.82) is 5.26 Å². The molecule has 0 heterocycles. The molecular formula is C11H12N2. The molecule has 0 aliphatic heterocycles. The van der Waals surface area contributed by atoms with Crippen LogP contribution in [0.1, 0.15) is 34.7 Å². The Hall–Kier alpha value is -1.33. The molecule has 1 aliphatic rings. The zero-order valence-electron chi connectivity index (χ0n) is 7.67. The van der Waals surface area contributed by atoms with Crippen molar-refractivity contribution < 1.29 is 0 Å². The van der Waals surface area contributed by atoms with E-state index in [1.54, 1.807) is 0 Å². The molecule has 1 unspecified atom stereocenters. The quantitative estimate of drug-likeness (QED) is 0.648. The maximum absolute atomic E-state index is 8.83. The first-order valence-electron chi connectivity index (χ1n) is 4.51. The molecule has 2 nitrogen and oxygen atoms in total. The van der Waals surface area contributed by atoms with Gasteiger partial charge < -0.3 is 5.73 Å². The maximum Gasteiger partial charge on any atom is 0.0994 e. The predicted octanol–water partition coefficient (Wildman–Crippen LogP) is 1.81. The number of aryl methyl sites for hydroxylation is 2. The minimum absolute atomic E-state index is 0.182. The molecule has 2 N–H and O–H groups in total. The number of nitrogens with two attached hydrogens (primary N) is 1. The Bertz CT molecular complexity index is 388. The SMILES string of the molecule is Cc1cc2c(cc1C#N)CCC2N. The lowest BCUT2D eigenvalue weighted by atomic mass is 10.0. The van der Waals surface area contributed by atoms with E-state index in [1.165, 1.54) is 11.1 Å². The van der Waals surface area contributed by atoms with Crippen LogP contribution in [-0.2, 0) is 6.42 Å². The summed E-state index contributed by atoms with van der Waals surface area (Å²) >= 11 is 0. The molecular weight excluding hydrogens is 160 g/mol. The molecule has 0 radical (unpaired) electrons. The molecule has 0 saturated heterocycles. The van der Waals surface area contributed by atoms with E-state index in [4.69, 9.17) is 11.0 Å². The fraction of sp³-hybridized carbons (Fsp3) is 0.364. The minimum Gasteiger partial charge on any atom is -0.324 e. The Balaban J connectivity index is 2.58. The van der Waals surface area contributed by atoms with Gasteiger partial charge in [0.2, 0.25) is 0 Å². The van der Waals surface area contributed by atoms with Crippen molar-refractivity contribution in [3.8, 4) is 6.07 Å². The number of nitriles is 1. The largest absolute Gasteiger partial charge is 0.324 e. The molecule has 1 atom stereocenters. The molecule has 0 aromatic heterocycles. The third-order valence-corrected chi connectivity index (χ3v) is 2.73. The molecule has 0 saturated carbocycles. The third-order valence-electron chi connectivity index (χ3n) is 2.73. The fourth-order valence-corrected chi connectivity index (χ4v) is 1.92. The Morgan fingerprint density at radius 1 is 1.54 bits per heavy atom. The second-order valence-corrected chi connectivity index (χ2v) is 3.62. The van der Waals surface area contributed by atoms with Gasteiger partial charge in [-0.05, 0) is 42.5 Å². The van der Waals surface area contributed by atoms with E-state index in [9.17, 15) is 0 Å². The Labute approximate surface area is 78.0 Å². The normalized spacial score (nSPS) is 19.6. The van der Waals surface area contributed by atoms with Gasteiger partial charge in [-0.25, -0.2) is 0 Å². The predicted molar refractivity (Wildman–Crippen MR) is 51.1 cm³/mol. The third kappa shape index (κ3) is 1.22. The monoisotopic (exact) mass is 172 g/mol. The molecule has 13 heavy (non-hydrogen) atoms. The molecule has 0 amide bonds. The van der Waals surface area contributed by atoms with Gasteiger partial charge >= 0.3 is 0 Å². The van der Waals surface area contributed by atoms with E-state index in [0.717, 1.165) is 24.0 Å².